The number of halogens is 1. The summed E-state index contributed by atoms with van der Waals surface area (Å²) in [5, 5.41) is 24.2. The van der Waals surface area contributed by atoms with Crippen molar-refractivity contribution in [1.29, 1.82) is 0 Å². The lowest BCUT2D eigenvalue weighted by atomic mass is 10.0. The first-order valence-corrected chi connectivity index (χ1v) is 13.1. The van der Waals surface area contributed by atoms with Crippen molar-refractivity contribution in [3.63, 3.8) is 0 Å². The Bertz CT molecular complexity index is 1300. The monoisotopic (exact) mass is 529 g/mol. The average Bonchev–Trinajstić information content (AvgIpc) is 3.47. The molecule has 3 heterocycles. The van der Waals surface area contributed by atoms with Gasteiger partial charge in [0.1, 0.15) is 0 Å². The lowest BCUT2D eigenvalue weighted by molar-refractivity contribution is -0.284. The number of aromatic nitrogens is 2. The summed E-state index contributed by atoms with van der Waals surface area (Å²) in [6, 6.07) is 17.2. The zero-order valence-corrected chi connectivity index (χ0v) is 21.3. The molecular weight excluding hydrogens is 504 g/mol. The zero-order valence-electron chi connectivity index (χ0n) is 18.9. The smallest absolute Gasteiger partial charge is 0.277 e. The van der Waals surface area contributed by atoms with Gasteiger partial charge < -0.3 is 21.3 Å². The Kier molecular flexibility index (Phi) is 8.25. The first-order chi connectivity index (χ1) is 16.6. The average molecular weight is 530 g/mol. The highest BCUT2D eigenvalue weighted by atomic mass is 35.5. The van der Waals surface area contributed by atoms with Gasteiger partial charge in [0.25, 0.3) is 5.56 Å². The van der Waals surface area contributed by atoms with Crippen LogP contribution in [0.4, 0.5) is 5.69 Å². The summed E-state index contributed by atoms with van der Waals surface area (Å²) in [6.45, 7) is 1.55. The molecule has 1 unspecified atom stereocenters. The van der Waals surface area contributed by atoms with E-state index in [1.807, 2.05) is 53.2 Å². The second kappa shape index (κ2) is 11.4. The van der Waals surface area contributed by atoms with Crippen molar-refractivity contribution < 1.29 is 9.84 Å². The van der Waals surface area contributed by atoms with E-state index in [2.05, 4.69) is 10.4 Å². The molecule has 1 aliphatic rings. The lowest BCUT2D eigenvalue weighted by Gasteiger charge is -2.25. The van der Waals surface area contributed by atoms with Gasteiger partial charge in [-0.25, -0.2) is 0 Å². The predicted octanol–water partition coefficient (Wildman–Crippen LogP) is 5.51. The van der Waals surface area contributed by atoms with E-state index in [1.165, 1.54) is 4.68 Å². The molecule has 0 aliphatic carbocycles. The Labute approximate surface area is 216 Å². The van der Waals surface area contributed by atoms with Gasteiger partial charge in [0.05, 0.1) is 16.0 Å². The van der Waals surface area contributed by atoms with E-state index in [9.17, 15) is 9.90 Å². The maximum absolute atomic E-state index is 13.4. The molecule has 0 amide bonds. The van der Waals surface area contributed by atoms with Crippen LogP contribution in [0, 0.1) is 0 Å². The van der Waals surface area contributed by atoms with Crippen molar-refractivity contribution >= 4 is 40.4 Å². The number of hydrogen-bond acceptors (Lipinski definition) is 7. The second-order valence-electron chi connectivity index (χ2n) is 8.09. The van der Waals surface area contributed by atoms with E-state index in [4.69, 9.17) is 16.3 Å². The molecule has 1 atom stereocenters. The maximum Gasteiger partial charge on any atom is 0.277 e. The molecule has 5 rings (SSSR count). The Morgan fingerprint density at radius 2 is 1.86 bits per heavy atom. The SMILES string of the molecule is N.O=c1[nH]n(C(c2ccc(NC3CCOCC3)cc2)c2ccsc2)c([O-])c1Sc1ccccc1Cl. The molecule has 1 fully saturated rings. The Hall–Kier alpha value is -2.69. The molecule has 4 aromatic rings. The number of anilines is 1. The second-order valence-corrected chi connectivity index (χ2v) is 10.3. The van der Waals surface area contributed by atoms with Gasteiger partial charge in [-0.2, -0.15) is 11.3 Å². The number of ether oxygens (including phenoxy) is 1. The van der Waals surface area contributed by atoms with Gasteiger partial charge in [-0.1, -0.05) is 47.6 Å². The first-order valence-electron chi connectivity index (χ1n) is 11.0. The minimum atomic E-state index is -0.441. The van der Waals surface area contributed by atoms with E-state index in [-0.39, 0.29) is 16.9 Å². The minimum Gasteiger partial charge on any atom is -0.858 e. The molecular formula is C25H26ClN4O3S2-. The molecule has 184 valence electrons. The van der Waals surface area contributed by atoms with Crippen LogP contribution in [-0.4, -0.2) is 29.0 Å². The highest BCUT2D eigenvalue weighted by Gasteiger charge is 2.22. The Morgan fingerprint density at radius 1 is 1.11 bits per heavy atom. The molecule has 1 aliphatic heterocycles. The summed E-state index contributed by atoms with van der Waals surface area (Å²) in [5.74, 6) is -0.365. The molecule has 0 saturated carbocycles. The molecule has 1 saturated heterocycles. The summed E-state index contributed by atoms with van der Waals surface area (Å²) in [4.78, 5) is 13.6. The Balaban J connectivity index is 0.00000289. The fraction of sp³-hybridized carbons (Fsp3) is 0.240. The lowest BCUT2D eigenvalue weighted by Crippen LogP contribution is -2.27. The highest BCUT2D eigenvalue weighted by molar-refractivity contribution is 7.99. The van der Waals surface area contributed by atoms with Crippen LogP contribution in [0.2, 0.25) is 5.02 Å². The molecule has 0 radical (unpaired) electrons. The van der Waals surface area contributed by atoms with Crippen LogP contribution in [0.15, 0.2) is 79.9 Å². The fourth-order valence-electron chi connectivity index (χ4n) is 4.09. The van der Waals surface area contributed by atoms with Crippen molar-refractivity contribution in [2.24, 2.45) is 0 Å². The van der Waals surface area contributed by atoms with Crippen molar-refractivity contribution in [3.05, 3.63) is 91.9 Å². The van der Waals surface area contributed by atoms with Gasteiger partial charge in [0, 0.05) is 35.7 Å². The van der Waals surface area contributed by atoms with Gasteiger partial charge in [0.2, 0.25) is 0 Å². The number of thiophene rings is 1. The molecule has 0 bridgehead atoms. The van der Waals surface area contributed by atoms with Crippen molar-refractivity contribution in [2.45, 2.75) is 34.7 Å². The number of H-pyrrole nitrogens is 1. The van der Waals surface area contributed by atoms with Crippen molar-refractivity contribution in [1.82, 2.24) is 15.9 Å². The fourth-order valence-corrected chi connectivity index (χ4v) is 5.87. The van der Waals surface area contributed by atoms with E-state index in [0.29, 0.717) is 16.0 Å². The number of hydrogen-bond donors (Lipinski definition) is 3. The number of benzene rings is 2. The number of aromatic amines is 1. The van der Waals surface area contributed by atoms with Crippen LogP contribution in [0.25, 0.3) is 0 Å². The molecule has 0 spiro atoms. The van der Waals surface area contributed by atoms with Crippen LogP contribution in [0.3, 0.4) is 0 Å². The number of rotatable bonds is 7. The summed E-state index contributed by atoms with van der Waals surface area (Å²) in [5.41, 5.74) is 2.45. The standard InChI is InChI=1S/C25H24ClN3O3S2.H3N/c26-20-3-1-2-4-21(20)34-23-24(30)28-29(25(23)31)22(17-11-14-33-15-17)16-5-7-18(8-6-16)27-19-9-12-32-13-10-19;/h1-8,11,14-15,19,22,27,31H,9-10,12-13H2,(H,28,30);1H3/p-1. The van der Waals surface area contributed by atoms with Gasteiger partial charge in [-0.05, 0) is 65.1 Å². The van der Waals surface area contributed by atoms with Crippen molar-refractivity contribution in [2.75, 3.05) is 18.5 Å². The summed E-state index contributed by atoms with van der Waals surface area (Å²) >= 11 is 8.90. The number of nitrogens with one attached hydrogen (secondary N) is 2. The Morgan fingerprint density at radius 3 is 2.54 bits per heavy atom. The summed E-state index contributed by atoms with van der Waals surface area (Å²) < 4.78 is 6.86. The predicted molar refractivity (Wildman–Crippen MR) is 141 cm³/mol. The van der Waals surface area contributed by atoms with Gasteiger partial charge in [0.15, 0.2) is 0 Å². The normalized spacial score (nSPS) is 14.9. The molecule has 2 aromatic heterocycles. The van der Waals surface area contributed by atoms with Gasteiger partial charge in [-0.3, -0.25) is 14.6 Å². The third kappa shape index (κ3) is 5.60. The third-order valence-corrected chi connectivity index (χ3v) is 8.11. The number of nitrogens with zero attached hydrogens (tertiary/aromatic N) is 1. The van der Waals surface area contributed by atoms with Crippen LogP contribution < -0.4 is 22.1 Å². The van der Waals surface area contributed by atoms with Crippen molar-refractivity contribution in [3.8, 4) is 5.88 Å². The quantitative estimate of drug-likeness (QED) is 0.291. The van der Waals surface area contributed by atoms with Crippen LogP contribution in [-0.2, 0) is 4.74 Å². The van der Waals surface area contributed by atoms with Crippen LogP contribution in [0.5, 0.6) is 5.88 Å². The first kappa shape index (κ1) is 25.4. The van der Waals surface area contributed by atoms with E-state index >= 15 is 0 Å². The highest BCUT2D eigenvalue weighted by Crippen LogP contribution is 2.38. The van der Waals surface area contributed by atoms with Gasteiger partial charge >= 0.3 is 0 Å². The summed E-state index contributed by atoms with van der Waals surface area (Å²) in [6.07, 6.45) is 1.96. The topological polar surface area (TPSA) is 117 Å². The minimum absolute atomic E-state index is 0. The third-order valence-electron chi connectivity index (χ3n) is 5.83. The van der Waals surface area contributed by atoms with Crippen LogP contribution >= 0.6 is 34.7 Å². The molecule has 7 nitrogen and oxygen atoms in total. The molecule has 10 heteroatoms. The largest absolute Gasteiger partial charge is 0.858 e. The van der Waals surface area contributed by atoms with Gasteiger partial charge in [-0.15, -0.1) is 0 Å². The maximum atomic E-state index is 13.4. The summed E-state index contributed by atoms with van der Waals surface area (Å²) in [7, 11) is 0. The molecule has 2 aromatic carbocycles. The van der Waals surface area contributed by atoms with E-state index in [1.54, 1.807) is 23.5 Å². The van der Waals surface area contributed by atoms with E-state index in [0.717, 1.165) is 54.6 Å². The molecule has 35 heavy (non-hydrogen) atoms. The van der Waals surface area contributed by atoms with Crippen LogP contribution in [0.1, 0.15) is 30.0 Å². The zero-order chi connectivity index (χ0) is 23.5. The molecule has 5 N–H and O–H groups in total. The van der Waals surface area contributed by atoms with E-state index < -0.39 is 11.6 Å².